The number of carbonyl (C=O) groups excluding carboxylic acids is 2. The van der Waals surface area contributed by atoms with Crippen molar-refractivity contribution in [1.82, 2.24) is 10.2 Å². The van der Waals surface area contributed by atoms with E-state index in [0.29, 0.717) is 30.2 Å². The molecule has 5 rings (SSSR count). The van der Waals surface area contributed by atoms with Gasteiger partial charge in [0.15, 0.2) is 11.5 Å². The zero-order valence-corrected chi connectivity index (χ0v) is 18.1. The third-order valence-corrected chi connectivity index (χ3v) is 6.77. The molecule has 32 heavy (non-hydrogen) atoms. The van der Waals surface area contributed by atoms with Crippen LogP contribution in [0.3, 0.4) is 0 Å². The highest BCUT2D eigenvalue weighted by Crippen LogP contribution is 2.39. The summed E-state index contributed by atoms with van der Waals surface area (Å²) in [5.74, 6) is 1.87. The molecule has 2 aliphatic rings. The van der Waals surface area contributed by atoms with Gasteiger partial charge in [-0.3, -0.25) is 9.59 Å². The minimum absolute atomic E-state index is 0.0477. The molecule has 2 amide bonds. The van der Waals surface area contributed by atoms with Crippen LogP contribution in [0.25, 0.3) is 0 Å². The highest BCUT2D eigenvalue weighted by atomic mass is 32.2. The average Bonchev–Trinajstić information content (AvgIpc) is 3.44. The van der Waals surface area contributed by atoms with Crippen molar-refractivity contribution in [3.8, 4) is 11.5 Å². The average molecular weight is 447 g/mol. The van der Waals surface area contributed by atoms with Gasteiger partial charge in [0.1, 0.15) is 5.37 Å². The summed E-state index contributed by atoms with van der Waals surface area (Å²) < 4.78 is 10.7. The summed E-state index contributed by atoms with van der Waals surface area (Å²) in [6.45, 7) is 1.20. The fourth-order valence-corrected chi connectivity index (χ4v) is 5.00. The summed E-state index contributed by atoms with van der Waals surface area (Å²) >= 11 is 1.62. The number of rotatable bonds is 6. The van der Waals surface area contributed by atoms with Crippen LogP contribution in [0.15, 0.2) is 72.8 Å². The van der Waals surface area contributed by atoms with Crippen molar-refractivity contribution in [3.63, 3.8) is 0 Å². The Hall–Kier alpha value is -3.45. The van der Waals surface area contributed by atoms with Gasteiger partial charge in [0.05, 0.1) is 5.75 Å². The van der Waals surface area contributed by atoms with E-state index in [1.807, 2.05) is 77.7 Å². The molecule has 1 atom stereocenters. The van der Waals surface area contributed by atoms with E-state index in [-0.39, 0.29) is 24.0 Å². The molecule has 2 aliphatic heterocycles. The standard InChI is InChI=1S/C25H22N2O4S/c28-23-15-32-25(27(23)14-17-4-2-1-3-5-17)20-9-7-19(8-10-20)24(29)26-13-18-6-11-21-22(12-18)31-16-30-21/h1-12,25H,13-16H2,(H,26,29). The van der Waals surface area contributed by atoms with E-state index in [2.05, 4.69) is 5.32 Å². The minimum atomic E-state index is -0.148. The SMILES string of the molecule is O=C(NCc1ccc2c(c1)OCO2)c1ccc(C2SCC(=O)N2Cc2ccccc2)cc1. The summed E-state index contributed by atoms with van der Waals surface area (Å²) in [7, 11) is 0. The first-order valence-electron chi connectivity index (χ1n) is 10.4. The molecule has 6 nitrogen and oxygen atoms in total. The quantitative estimate of drug-likeness (QED) is 0.617. The highest BCUT2D eigenvalue weighted by molar-refractivity contribution is 8.00. The van der Waals surface area contributed by atoms with Crippen LogP contribution in [0.2, 0.25) is 0 Å². The largest absolute Gasteiger partial charge is 0.454 e. The molecule has 2 heterocycles. The van der Waals surface area contributed by atoms with Crippen LogP contribution in [0.1, 0.15) is 32.4 Å². The molecule has 1 unspecified atom stereocenters. The molecule has 1 fully saturated rings. The van der Waals surface area contributed by atoms with Crippen LogP contribution < -0.4 is 14.8 Å². The van der Waals surface area contributed by atoms with Gasteiger partial charge in [-0.1, -0.05) is 48.5 Å². The molecule has 0 radical (unpaired) electrons. The third-order valence-electron chi connectivity index (χ3n) is 5.51. The summed E-state index contributed by atoms with van der Waals surface area (Å²) in [4.78, 5) is 27.0. The van der Waals surface area contributed by atoms with Crippen LogP contribution in [0.4, 0.5) is 0 Å². The maximum Gasteiger partial charge on any atom is 0.251 e. The lowest BCUT2D eigenvalue weighted by molar-refractivity contribution is -0.128. The lowest BCUT2D eigenvalue weighted by atomic mass is 10.1. The number of benzene rings is 3. The van der Waals surface area contributed by atoms with Gasteiger partial charge in [-0.2, -0.15) is 0 Å². The first-order chi connectivity index (χ1) is 15.7. The number of carbonyl (C=O) groups is 2. The monoisotopic (exact) mass is 446 g/mol. The summed E-state index contributed by atoms with van der Waals surface area (Å²) in [5.41, 5.74) is 3.65. The normalized spacial score (nSPS) is 16.9. The Kier molecular flexibility index (Phi) is 5.73. The van der Waals surface area contributed by atoms with Crippen molar-refractivity contribution in [2.45, 2.75) is 18.5 Å². The summed E-state index contributed by atoms with van der Waals surface area (Å²) in [5, 5.41) is 2.89. The smallest absolute Gasteiger partial charge is 0.251 e. The third kappa shape index (κ3) is 4.29. The molecule has 1 N–H and O–H groups in total. The Labute approximate surface area is 190 Å². The molecular weight excluding hydrogens is 424 g/mol. The van der Waals surface area contributed by atoms with Gasteiger partial charge in [-0.25, -0.2) is 0 Å². The van der Waals surface area contributed by atoms with Crippen LogP contribution >= 0.6 is 11.8 Å². The predicted molar refractivity (Wildman–Crippen MR) is 122 cm³/mol. The number of fused-ring (bicyclic) bond motifs is 1. The first kappa shape index (κ1) is 20.5. The van der Waals surface area contributed by atoms with Crippen LogP contribution in [0, 0.1) is 0 Å². The second-order valence-electron chi connectivity index (χ2n) is 7.66. The molecule has 162 valence electrons. The zero-order valence-electron chi connectivity index (χ0n) is 17.3. The minimum Gasteiger partial charge on any atom is -0.454 e. The van der Waals surface area contributed by atoms with Gasteiger partial charge >= 0.3 is 0 Å². The second kappa shape index (κ2) is 8.96. The molecule has 0 saturated carbocycles. The van der Waals surface area contributed by atoms with Gasteiger partial charge < -0.3 is 19.7 Å². The van der Waals surface area contributed by atoms with Gasteiger partial charge in [0.2, 0.25) is 12.7 Å². The number of hydrogen-bond donors (Lipinski definition) is 1. The highest BCUT2D eigenvalue weighted by Gasteiger charge is 2.32. The summed E-state index contributed by atoms with van der Waals surface area (Å²) in [6.07, 6.45) is 0. The van der Waals surface area contributed by atoms with Crippen molar-refractivity contribution >= 4 is 23.6 Å². The van der Waals surface area contributed by atoms with E-state index in [0.717, 1.165) is 22.4 Å². The molecule has 3 aromatic carbocycles. The number of ether oxygens (including phenoxy) is 2. The van der Waals surface area contributed by atoms with Crippen LogP contribution in [-0.2, 0) is 17.9 Å². The van der Waals surface area contributed by atoms with Crippen molar-refractivity contribution in [2.24, 2.45) is 0 Å². The number of thioether (sulfide) groups is 1. The zero-order chi connectivity index (χ0) is 21.9. The first-order valence-corrected chi connectivity index (χ1v) is 11.4. The van der Waals surface area contributed by atoms with E-state index in [9.17, 15) is 9.59 Å². The molecule has 0 aliphatic carbocycles. The fourth-order valence-electron chi connectivity index (χ4n) is 3.82. The lowest BCUT2D eigenvalue weighted by Crippen LogP contribution is -2.27. The molecule has 0 aromatic heterocycles. The maximum atomic E-state index is 12.6. The second-order valence-corrected chi connectivity index (χ2v) is 8.73. The van der Waals surface area contributed by atoms with E-state index < -0.39 is 0 Å². The molecular formula is C25H22N2O4S. The van der Waals surface area contributed by atoms with Gasteiger partial charge in [0.25, 0.3) is 5.91 Å². The van der Waals surface area contributed by atoms with Crippen LogP contribution in [-0.4, -0.2) is 29.3 Å². The Morgan fingerprint density at radius 1 is 0.969 bits per heavy atom. The Bertz CT molecular complexity index is 1130. The topological polar surface area (TPSA) is 67.9 Å². The number of nitrogens with one attached hydrogen (secondary N) is 1. The van der Waals surface area contributed by atoms with E-state index in [1.165, 1.54) is 0 Å². The van der Waals surface area contributed by atoms with Gasteiger partial charge in [-0.05, 0) is 41.0 Å². The van der Waals surface area contributed by atoms with Crippen molar-refractivity contribution in [3.05, 3.63) is 95.1 Å². The van der Waals surface area contributed by atoms with Crippen molar-refractivity contribution in [1.29, 1.82) is 0 Å². The van der Waals surface area contributed by atoms with Crippen molar-refractivity contribution in [2.75, 3.05) is 12.5 Å². The van der Waals surface area contributed by atoms with E-state index in [1.54, 1.807) is 11.8 Å². The molecule has 3 aromatic rings. The molecule has 0 spiro atoms. The maximum absolute atomic E-state index is 12.6. The Balaban J connectivity index is 1.23. The van der Waals surface area contributed by atoms with Crippen molar-refractivity contribution < 1.29 is 19.1 Å². The number of amides is 2. The predicted octanol–water partition coefficient (Wildman–Crippen LogP) is 4.12. The Morgan fingerprint density at radius 3 is 2.56 bits per heavy atom. The number of nitrogens with zero attached hydrogens (tertiary/aromatic N) is 1. The van der Waals surface area contributed by atoms with Gasteiger partial charge in [-0.15, -0.1) is 11.8 Å². The lowest BCUT2D eigenvalue weighted by Gasteiger charge is -2.24. The molecule has 0 bridgehead atoms. The fraction of sp³-hybridized carbons (Fsp3) is 0.200. The molecule has 1 saturated heterocycles. The van der Waals surface area contributed by atoms with Gasteiger partial charge in [0, 0.05) is 18.7 Å². The summed E-state index contributed by atoms with van der Waals surface area (Å²) in [6, 6.07) is 23.1. The number of hydrogen-bond acceptors (Lipinski definition) is 5. The van der Waals surface area contributed by atoms with Crippen LogP contribution in [0.5, 0.6) is 11.5 Å². The van der Waals surface area contributed by atoms with E-state index >= 15 is 0 Å². The van der Waals surface area contributed by atoms with E-state index in [4.69, 9.17) is 9.47 Å². The molecule has 7 heteroatoms. The Morgan fingerprint density at radius 2 is 1.75 bits per heavy atom.